The third-order valence-corrected chi connectivity index (χ3v) is 5.09. The van der Waals surface area contributed by atoms with Crippen LogP contribution < -0.4 is 23.7 Å². The lowest BCUT2D eigenvalue weighted by atomic mass is 10.0. The van der Waals surface area contributed by atoms with Crippen LogP contribution in [-0.2, 0) is 0 Å². The van der Waals surface area contributed by atoms with Crippen molar-refractivity contribution < 1.29 is 28.5 Å². The summed E-state index contributed by atoms with van der Waals surface area (Å²) in [6.07, 6.45) is 1.69. The predicted molar refractivity (Wildman–Crippen MR) is 129 cm³/mol. The minimum atomic E-state index is -0.641. The van der Waals surface area contributed by atoms with Gasteiger partial charge >= 0.3 is 5.97 Å². The van der Waals surface area contributed by atoms with Crippen LogP contribution in [0.3, 0.4) is 0 Å². The van der Waals surface area contributed by atoms with Crippen molar-refractivity contribution in [2.75, 3.05) is 28.4 Å². The van der Waals surface area contributed by atoms with Crippen molar-refractivity contribution in [3.63, 3.8) is 0 Å². The second-order valence-corrected chi connectivity index (χ2v) is 7.33. The molecular weight excluding hydrogens is 458 g/mol. The van der Waals surface area contributed by atoms with E-state index in [2.05, 4.69) is 6.07 Å². The van der Waals surface area contributed by atoms with Gasteiger partial charge in [-0.1, -0.05) is 29.8 Å². The highest BCUT2D eigenvalue weighted by molar-refractivity contribution is 6.30. The van der Waals surface area contributed by atoms with Gasteiger partial charge in [0.25, 0.3) is 0 Å². The number of hydrogen-bond acceptors (Lipinski definition) is 7. The van der Waals surface area contributed by atoms with Crippen LogP contribution in [0, 0.1) is 11.3 Å². The summed E-state index contributed by atoms with van der Waals surface area (Å²) >= 11 is 6.04. The molecule has 0 unspecified atom stereocenters. The van der Waals surface area contributed by atoms with Crippen molar-refractivity contribution in [1.82, 2.24) is 0 Å². The highest BCUT2D eigenvalue weighted by Crippen LogP contribution is 2.39. The van der Waals surface area contributed by atoms with Crippen LogP contribution in [0.25, 0.3) is 11.6 Å². The summed E-state index contributed by atoms with van der Waals surface area (Å²) in [5, 5.41) is 10.1. The van der Waals surface area contributed by atoms with Gasteiger partial charge in [-0.15, -0.1) is 0 Å². The number of halogens is 1. The van der Waals surface area contributed by atoms with Crippen molar-refractivity contribution in [1.29, 1.82) is 5.26 Å². The molecule has 0 aliphatic heterocycles. The van der Waals surface area contributed by atoms with E-state index < -0.39 is 5.97 Å². The zero-order valence-electron chi connectivity index (χ0n) is 19.0. The van der Waals surface area contributed by atoms with Gasteiger partial charge in [0.2, 0.25) is 5.75 Å². The highest BCUT2D eigenvalue weighted by atomic mass is 35.5. The van der Waals surface area contributed by atoms with Crippen molar-refractivity contribution in [2.24, 2.45) is 0 Å². The number of ether oxygens (including phenoxy) is 5. The number of nitrogens with zero attached hydrogens (tertiary/aromatic N) is 1. The van der Waals surface area contributed by atoms with Gasteiger partial charge in [-0.2, -0.15) is 5.26 Å². The first-order valence-corrected chi connectivity index (χ1v) is 10.4. The van der Waals surface area contributed by atoms with E-state index in [1.165, 1.54) is 40.6 Å². The molecule has 0 saturated carbocycles. The van der Waals surface area contributed by atoms with Crippen LogP contribution in [0.4, 0.5) is 0 Å². The van der Waals surface area contributed by atoms with Gasteiger partial charge in [0.05, 0.1) is 45.6 Å². The topological polar surface area (TPSA) is 87.0 Å². The zero-order valence-corrected chi connectivity index (χ0v) is 19.8. The summed E-state index contributed by atoms with van der Waals surface area (Å²) in [4.78, 5) is 12.8. The van der Waals surface area contributed by atoms with Crippen molar-refractivity contribution in [3.05, 3.63) is 76.3 Å². The van der Waals surface area contributed by atoms with Crippen LogP contribution in [0.2, 0.25) is 5.02 Å². The molecule has 0 aromatic heterocycles. The van der Waals surface area contributed by atoms with Crippen LogP contribution in [0.1, 0.15) is 21.5 Å². The summed E-state index contributed by atoms with van der Waals surface area (Å²) in [6, 6.07) is 17.2. The Hall–Kier alpha value is -4.15. The highest BCUT2D eigenvalue weighted by Gasteiger charge is 2.19. The SMILES string of the molecule is COc1cc(/C=C(/C#N)c2cccc(Cl)c2)ccc1OC(=O)c1cc(OC)c(OC)c(OC)c1. The maximum Gasteiger partial charge on any atom is 0.343 e. The summed E-state index contributed by atoms with van der Waals surface area (Å²) < 4.78 is 26.8. The molecule has 0 heterocycles. The Labute approximate surface area is 202 Å². The van der Waals surface area contributed by atoms with E-state index in [1.807, 2.05) is 0 Å². The Kier molecular flexibility index (Phi) is 8.01. The van der Waals surface area contributed by atoms with Gasteiger partial charge in [-0.3, -0.25) is 0 Å². The summed E-state index contributed by atoms with van der Waals surface area (Å²) in [5.41, 5.74) is 1.99. The third-order valence-electron chi connectivity index (χ3n) is 4.86. The monoisotopic (exact) mass is 479 g/mol. The van der Waals surface area contributed by atoms with E-state index in [9.17, 15) is 10.1 Å². The van der Waals surface area contributed by atoms with Crippen LogP contribution in [-0.4, -0.2) is 34.4 Å². The molecule has 0 fully saturated rings. The van der Waals surface area contributed by atoms with Gasteiger partial charge in [0, 0.05) is 5.02 Å². The molecule has 0 atom stereocenters. The Morgan fingerprint density at radius 2 is 1.50 bits per heavy atom. The minimum absolute atomic E-state index is 0.202. The maximum absolute atomic E-state index is 12.8. The normalized spacial score (nSPS) is 10.8. The molecule has 0 amide bonds. The number of nitriles is 1. The summed E-state index contributed by atoms with van der Waals surface area (Å²) in [6.45, 7) is 0. The van der Waals surface area contributed by atoms with E-state index in [0.717, 1.165) is 0 Å². The van der Waals surface area contributed by atoms with Crippen LogP contribution in [0.5, 0.6) is 28.7 Å². The maximum atomic E-state index is 12.8. The second kappa shape index (κ2) is 11.1. The van der Waals surface area contributed by atoms with Gasteiger partial charge in [0.15, 0.2) is 23.0 Å². The number of hydrogen-bond donors (Lipinski definition) is 0. The number of methoxy groups -OCH3 is 4. The molecule has 3 aromatic carbocycles. The molecule has 3 rings (SSSR count). The lowest BCUT2D eigenvalue weighted by molar-refractivity contribution is 0.0728. The number of carbonyl (C=O) groups is 1. The van der Waals surface area contributed by atoms with Gasteiger partial charge < -0.3 is 23.7 Å². The summed E-state index contributed by atoms with van der Waals surface area (Å²) in [5.74, 6) is 0.899. The van der Waals surface area contributed by atoms with Crippen LogP contribution in [0.15, 0.2) is 54.6 Å². The largest absolute Gasteiger partial charge is 0.493 e. The molecule has 3 aromatic rings. The minimum Gasteiger partial charge on any atom is -0.493 e. The molecule has 0 saturated heterocycles. The molecule has 34 heavy (non-hydrogen) atoms. The fourth-order valence-corrected chi connectivity index (χ4v) is 3.41. The predicted octanol–water partition coefficient (Wildman–Crippen LogP) is 5.66. The number of carbonyl (C=O) groups excluding carboxylic acids is 1. The molecule has 0 spiro atoms. The quantitative estimate of drug-likeness (QED) is 0.178. The van der Waals surface area contributed by atoms with Crippen molar-refractivity contribution >= 4 is 29.2 Å². The number of allylic oxidation sites excluding steroid dienone is 1. The molecule has 0 bridgehead atoms. The van der Waals surface area contributed by atoms with E-state index in [1.54, 1.807) is 48.5 Å². The molecule has 8 heteroatoms. The number of esters is 1. The van der Waals surface area contributed by atoms with Crippen molar-refractivity contribution in [2.45, 2.75) is 0 Å². The first kappa shape index (κ1) is 24.5. The van der Waals surface area contributed by atoms with E-state index in [4.69, 9.17) is 35.3 Å². The Morgan fingerprint density at radius 1 is 0.824 bits per heavy atom. The molecule has 0 aliphatic carbocycles. The third kappa shape index (κ3) is 5.42. The molecule has 0 radical (unpaired) electrons. The Morgan fingerprint density at radius 3 is 2.06 bits per heavy atom. The number of benzene rings is 3. The van der Waals surface area contributed by atoms with E-state index in [0.29, 0.717) is 44.7 Å². The first-order valence-electron chi connectivity index (χ1n) is 10.0. The van der Waals surface area contributed by atoms with Crippen LogP contribution >= 0.6 is 11.6 Å². The average molecular weight is 480 g/mol. The average Bonchev–Trinajstić information content (AvgIpc) is 2.86. The zero-order chi connectivity index (χ0) is 24.7. The van der Waals surface area contributed by atoms with Gasteiger partial charge in [0.1, 0.15) is 0 Å². The molecule has 7 nitrogen and oxygen atoms in total. The fraction of sp³-hybridized carbons (Fsp3) is 0.154. The lowest BCUT2D eigenvalue weighted by Gasteiger charge is -2.14. The fourth-order valence-electron chi connectivity index (χ4n) is 3.22. The molecular formula is C26H22ClNO6. The molecule has 0 aliphatic rings. The van der Waals surface area contributed by atoms with Crippen molar-refractivity contribution in [3.8, 4) is 34.8 Å². The Balaban J connectivity index is 1.91. The smallest absolute Gasteiger partial charge is 0.343 e. The number of rotatable bonds is 8. The second-order valence-electron chi connectivity index (χ2n) is 6.89. The van der Waals surface area contributed by atoms with E-state index in [-0.39, 0.29) is 11.3 Å². The van der Waals surface area contributed by atoms with E-state index >= 15 is 0 Å². The van der Waals surface area contributed by atoms with Gasteiger partial charge in [-0.05, 0) is 53.6 Å². The standard InChI is InChI=1S/C26H22ClNO6/c1-30-22-11-16(10-19(15-28)17-6-5-7-20(27)12-17)8-9-21(22)34-26(29)18-13-23(31-2)25(33-4)24(14-18)32-3/h5-14H,1-4H3/b19-10-. The van der Waals surface area contributed by atoms with Gasteiger partial charge in [-0.25, -0.2) is 4.79 Å². The molecule has 0 N–H and O–H groups in total. The molecule has 174 valence electrons. The lowest BCUT2D eigenvalue weighted by Crippen LogP contribution is -2.10. The summed E-state index contributed by atoms with van der Waals surface area (Å²) in [7, 11) is 5.85. The Bertz CT molecular complexity index is 1250. The first-order chi connectivity index (χ1) is 16.4.